The van der Waals surface area contributed by atoms with Crippen molar-refractivity contribution < 1.29 is 9.90 Å². The number of pyridine rings is 1. The van der Waals surface area contributed by atoms with Gasteiger partial charge in [0.05, 0.1) is 0 Å². The smallest absolute Gasteiger partial charge is 0.339 e. The van der Waals surface area contributed by atoms with Crippen LogP contribution in [0.3, 0.4) is 0 Å². The van der Waals surface area contributed by atoms with Crippen LogP contribution in [0.4, 0.5) is 5.82 Å². The molecule has 0 saturated carbocycles. The van der Waals surface area contributed by atoms with Gasteiger partial charge in [0, 0.05) is 38.9 Å². The number of benzene rings is 2. The van der Waals surface area contributed by atoms with Gasteiger partial charge in [0.1, 0.15) is 11.4 Å². The molecule has 2 heterocycles. The Hall–Kier alpha value is -3.44. The summed E-state index contributed by atoms with van der Waals surface area (Å²) >= 11 is 0. The zero-order valence-electron chi connectivity index (χ0n) is 16.8. The molecule has 1 saturated heterocycles. The molecule has 3 aromatic rings. The normalized spacial score (nSPS) is 14.3. The second kappa shape index (κ2) is 9.37. The van der Waals surface area contributed by atoms with E-state index in [1.807, 2.05) is 12.1 Å². The van der Waals surface area contributed by atoms with Crippen molar-refractivity contribution in [3.05, 3.63) is 102 Å². The summed E-state index contributed by atoms with van der Waals surface area (Å²) in [5.41, 5.74) is 3.92. The van der Waals surface area contributed by atoms with Crippen molar-refractivity contribution in [2.75, 3.05) is 37.6 Å². The number of aromatic carboxylic acids is 1. The van der Waals surface area contributed by atoms with Gasteiger partial charge in [-0.3, -0.25) is 4.90 Å². The van der Waals surface area contributed by atoms with E-state index in [9.17, 15) is 9.90 Å². The monoisotopic (exact) mass is 399 g/mol. The van der Waals surface area contributed by atoms with Crippen LogP contribution in [0.25, 0.3) is 5.57 Å². The van der Waals surface area contributed by atoms with E-state index in [4.69, 9.17) is 0 Å². The van der Waals surface area contributed by atoms with Crippen LogP contribution in [0.5, 0.6) is 0 Å². The zero-order valence-corrected chi connectivity index (χ0v) is 16.8. The van der Waals surface area contributed by atoms with Crippen LogP contribution >= 0.6 is 0 Å². The number of nitrogens with zero attached hydrogens (tertiary/aromatic N) is 3. The summed E-state index contributed by atoms with van der Waals surface area (Å²) in [4.78, 5) is 20.3. The minimum absolute atomic E-state index is 0.265. The maximum atomic E-state index is 11.5. The fraction of sp³-hybridized carbons (Fsp3) is 0.200. The highest BCUT2D eigenvalue weighted by molar-refractivity contribution is 5.93. The molecule has 1 fully saturated rings. The van der Waals surface area contributed by atoms with Crippen LogP contribution < -0.4 is 4.90 Å². The molecular weight excluding hydrogens is 374 g/mol. The summed E-state index contributed by atoms with van der Waals surface area (Å²) in [6.07, 6.45) is 3.95. The molecule has 0 atom stereocenters. The van der Waals surface area contributed by atoms with Gasteiger partial charge < -0.3 is 10.0 Å². The molecule has 1 N–H and O–H groups in total. The molecule has 5 nitrogen and oxygen atoms in total. The van der Waals surface area contributed by atoms with E-state index in [0.29, 0.717) is 5.82 Å². The summed E-state index contributed by atoms with van der Waals surface area (Å²) < 4.78 is 0. The molecule has 152 valence electrons. The molecule has 0 unspecified atom stereocenters. The van der Waals surface area contributed by atoms with E-state index in [0.717, 1.165) is 32.7 Å². The van der Waals surface area contributed by atoms with Gasteiger partial charge in [-0.25, -0.2) is 9.78 Å². The molecule has 0 aliphatic carbocycles. The van der Waals surface area contributed by atoms with Crippen molar-refractivity contribution in [1.82, 2.24) is 9.88 Å². The first-order chi connectivity index (χ1) is 14.7. The lowest BCUT2D eigenvalue weighted by molar-refractivity contribution is 0.0697. The minimum atomic E-state index is -0.932. The number of aromatic nitrogens is 1. The maximum Gasteiger partial charge on any atom is 0.339 e. The van der Waals surface area contributed by atoms with Crippen LogP contribution in [0.1, 0.15) is 21.5 Å². The summed E-state index contributed by atoms with van der Waals surface area (Å²) in [6.45, 7) is 4.10. The van der Waals surface area contributed by atoms with E-state index >= 15 is 0 Å². The standard InChI is InChI=1S/C25H25N3O2/c29-25(30)23-12-7-14-26-24(23)28-18-16-27(17-19-28)15-13-22(20-8-3-1-4-9-20)21-10-5-2-6-11-21/h1-14H,15-19H2,(H,29,30). The molecule has 1 aliphatic rings. The highest BCUT2D eigenvalue weighted by Gasteiger charge is 2.22. The minimum Gasteiger partial charge on any atom is -0.478 e. The number of carbonyl (C=O) groups is 1. The van der Waals surface area contributed by atoms with Crippen LogP contribution in [0, 0.1) is 0 Å². The first-order valence-electron chi connectivity index (χ1n) is 10.2. The van der Waals surface area contributed by atoms with Crippen molar-refractivity contribution in [1.29, 1.82) is 0 Å². The van der Waals surface area contributed by atoms with Crippen LogP contribution in [-0.4, -0.2) is 53.7 Å². The summed E-state index contributed by atoms with van der Waals surface area (Å²) in [5, 5.41) is 9.43. The first-order valence-corrected chi connectivity index (χ1v) is 10.2. The summed E-state index contributed by atoms with van der Waals surface area (Å²) in [7, 11) is 0. The number of hydrogen-bond acceptors (Lipinski definition) is 4. The van der Waals surface area contributed by atoms with E-state index in [2.05, 4.69) is 69.4 Å². The number of rotatable bonds is 6. The van der Waals surface area contributed by atoms with Crippen molar-refractivity contribution >= 4 is 17.4 Å². The van der Waals surface area contributed by atoms with Gasteiger partial charge in [0.15, 0.2) is 0 Å². The number of carboxylic acid groups (broad SMARTS) is 1. The van der Waals surface area contributed by atoms with Gasteiger partial charge in [-0.2, -0.15) is 0 Å². The Balaban J connectivity index is 1.46. The average Bonchev–Trinajstić information content (AvgIpc) is 2.81. The summed E-state index contributed by atoms with van der Waals surface area (Å²) in [5.74, 6) is -0.367. The lowest BCUT2D eigenvalue weighted by atomic mass is 9.97. The SMILES string of the molecule is O=C(O)c1cccnc1N1CCN(CC=C(c2ccccc2)c2ccccc2)CC1. The topological polar surface area (TPSA) is 56.7 Å². The Morgan fingerprint density at radius 3 is 2.03 bits per heavy atom. The van der Waals surface area contributed by atoms with Crippen LogP contribution in [-0.2, 0) is 0 Å². The van der Waals surface area contributed by atoms with Crippen molar-refractivity contribution in [2.45, 2.75) is 0 Å². The molecule has 0 radical (unpaired) electrons. The lowest BCUT2D eigenvalue weighted by Gasteiger charge is -2.35. The second-order valence-corrected chi connectivity index (χ2v) is 7.32. The van der Waals surface area contributed by atoms with Gasteiger partial charge in [-0.15, -0.1) is 0 Å². The fourth-order valence-electron chi connectivity index (χ4n) is 3.82. The Bertz CT molecular complexity index is 969. The molecular formula is C25H25N3O2. The molecule has 0 spiro atoms. The Morgan fingerprint density at radius 2 is 1.47 bits per heavy atom. The van der Waals surface area contributed by atoms with Crippen molar-refractivity contribution in [3.8, 4) is 0 Å². The van der Waals surface area contributed by atoms with E-state index in [1.165, 1.54) is 16.7 Å². The number of anilines is 1. The highest BCUT2D eigenvalue weighted by Crippen LogP contribution is 2.24. The zero-order chi connectivity index (χ0) is 20.8. The number of carboxylic acids is 1. The van der Waals surface area contributed by atoms with Crippen molar-refractivity contribution in [3.63, 3.8) is 0 Å². The van der Waals surface area contributed by atoms with Gasteiger partial charge in [0.25, 0.3) is 0 Å². The Labute approximate surface area is 176 Å². The second-order valence-electron chi connectivity index (χ2n) is 7.32. The van der Waals surface area contributed by atoms with Crippen LogP contribution in [0.15, 0.2) is 85.1 Å². The number of piperazine rings is 1. The third-order valence-electron chi connectivity index (χ3n) is 5.41. The van der Waals surface area contributed by atoms with Gasteiger partial charge in [0.2, 0.25) is 0 Å². The van der Waals surface area contributed by atoms with Crippen LogP contribution in [0.2, 0.25) is 0 Å². The molecule has 0 amide bonds. The van der Waals surface area contributed by atoms with Gasteiger partial charge in [-0.1, -0.05) is 66.7 Å². The molecule has 30 heavy (non-hydrogen) atoms. The molecule has 2 aromatic carbocycles. The lowest BCUT2D eigenvalue weighted by Crippen LogP contribution is -2.47. The summed E-state index contributed by atoms with van der Waals surface area (Å²) in [6, 6.07) is 24.2. The third-order valence-corrected chi connectivity index (χ3v) is 5.41. The Morgan fingerprint density at radius 1 is 0.867 bits per heavy atom. The van der Waals surface area contributed by atoms with E-state index in [-0.39, 0.29) is 5.56 Å². The Kier molecular flexibility index (Phi) is 6.20. The first kappa shape index (κ1) is 19.9. The molecule has 1 aliphatic heterocycles. The predicted octanol–water partition coefficient (Wildman–Crippen LogP) is 4.03. The van der Waals surface area contributed by atoms with Crippen molar-refractivity contribution in [2.24, 2.45) is 0 Å². The van der Waals surface area contributed by atoms with E-state index in [1.54, 1.807) is 18.3 Å². The quantitative estimate of drug-likeness (QED) is 0.678. The molecule has 0 bridgehead atoms. The highest BCUT2D eigenvalue weighted by atomic mass is 16.4. The fourth-order valence-corrected chi connectivity index (χ4v) is 3.82. The van der Waals surface area contributed by atoms with E-state index < -0.39 is 5.97 Å². The largest absolute Gasteiger partial charge is 0.478 e. The number of hydrogen-bond donors (Lipinski definition) is 1. The third kappa shape index (κ3) is 4.58. The molecule has 5 heteroatoms. The predicted molar refractivity (Wildman–Crippen MR) is 120 cm³/mol. The molecule has 4 rings (SSSR count). The maximum absolute atomic E-state index is 11.5. The van der Waals surface area contributed by atoms with Gasteiger partial charge >= 0.3 is 5.97 Å². The average molecular weight is 399 g/mol. The molecule has 1 aromatic heterocycles. The van der Waals surface area contributed by atoms with Gasteiger partial charge in [-0.05, 0) is 28.8 Å².